The van der Waals surface area contributed by atoms with Crippen molar-refractivity contribution in [3.63, 3.8) is 0 Å². The van der Waals surface area contributed by atoms with E-state index in [4.69, 9.17) is 14.2 Å². The van der Waals surface area contributed by atoms with Crippen molar-refractivity contribution < 1.29 is 28.6 Å². The van der Waals surface area contributed by atoms with Crippen LogP contribution < -0.4 is 4.74 Å². The molecule has 1 unspecified atom stereocenters. The first-order valence-electron chi connectivity index (χ1n) is 9.45. The molecule has 0 N–H and O–H groups in total. The first kappa shape index (κ1) is 23.7. The van der Waals surface area contributed by atoms with Crippen LogP contribution in [0.4, 0.5) is 0 Å². The van der Waals surface area contributed by atoms with Crippen LogP contribution in [-0.2, 0) is 19.1 Å². The number of ether oxygens (including phenoxy) is 3. The van der Waals surface area contributed by atoms with Crippen molar-refractivity contribution >= 4 is 17.7 Å². The summed E-state index contributed by atoms with van der Waals surface area (Å²) in [5.41, 5.74) is -0.879. The van der Waals surface area contributed by atoms with E-state index in [1.54, 1.807) is 65.8 Å². The van der Waals surface area contributed by atoms with Crippen molar-refractivity contribution in [2.24, 2.45) is 5.92 Å². The highest BCUT2D eigenvalue weighted by atomic mass is 16.6. The number of esters is 2. The second-order valence-corrected chi connectivity index (χ2v) is 8.66. The number of carbonyl (C=O) groups is 3. The first-order valence-corrected chi connectivity index (χ1v) is 9.45. The highest BCUT2D eigenvalue weighted by Crippen LogP contribution is 2.22. The molecule has 6 nitrogen and oxygen atoms in total. The molecule has 1 rings (SSSR count). The fourth-order valence-corrected chi connectivity index (χ4v) is 2.53. The Morgan fingerprint density at radius 2 is 1.43 bits per heavy atom. The van der Waals surface area contributed by atoms with Crippen LogP contribution in [0.25, 0.3) is 0 Å². The minimum atomic E-state index is -0.977. The van der Waals surface area contributed by atoms with Gasteiger partial charge in [0.1, 0.15) is 22.9 Å². The van der Waals surface area contributed by atoms with E-state index in [-0.39, 0.29) is 24.6 Å². The Morgan fingerprint density at radius 3 is 1.89 bits per heavy atom. The topological polar surface area (TPSA) is 78.9 Å². The van der Waals surface area contributed by atoms with E-state index >= 15 is 0 Å². The predicted octanol–water partition coefficient (Wildman–Crippen LogP) is 4.35. The molecule has 6 heteroatoms. The van der Waals surface area contributed by atoms with Crippen LogP contribution >= 0.6 is 0 Å². The van der Waals surface area contributed by atoms with Crippen molar-refractivity contribution in [3.8, 4) is 5.75 Å². The smallest absolute Gasteiger partial charge is 0.317 e. The molecule has 156 valence electrons. The van der Waals surface area contributed by atoms with Crippen LogP contribution in [0.15, 0.2) is 24.3 Å². The Balaban J connectivity index is 2.87. The summed E-state index contributed by atoms with van der Waals surface area (Å²) in [5, 5.41) is 0. The molecular formula is C22H32O6. The van der Waals surface area contributed by atoms with Gasteiger partial charge < -0.3 is 14.2 Å². The van der Waals surface area contributed by atoms with Crippen molar-refractivity contribution in [2.45, 2.75) is 72.0 Å². The van der Waals surface area contributed by atoms with Gasteiger partial charge in [-0.25, -0.2) is 0 Å². The quantitative estimate of drug-likeness (QED) is 0.372. The Labute approximate surface area is 167 Å². The molecule has 0 saturated heterocycles. The Morgan fingerprint density at radius 1 is 0.893 bits per heavy atom. The van der Waals surface area contributed by atoms with Crippen LogP contribution in [0.2, 0.25) is 0 Å². The predicted molar refractivity (Wildman–Crippen MR) is 106 cm³/mol. The minimum absolute atomic E-state index is 0.131. The van der Waals surface area contributed by atoms with Crippen molar-refractivity contribution in [3.05, 3.63) is 29.8 Å². The molecule has 1 aromatic carbocycles. The lowest BCUT2D eigenvalue weighted by Crippen LogP contribution is -2.33. The second-order valence-electron chi connectivity index (χ2n) is 8.66. The van der Waals surface area contributed by atoms with Gasteiger partial charge in [-0.2, -0.15) is 0 Å². The Hall–Kier alpha value is -2.37. The SMILES string of the molecule is COc1ccc(C(=O)C(CCCC(=O)OC(C)(C)C)C(=O)OC(C)(C)C)cc1. The highest BCUT2D eigenvalue weighted by molar-refractivity contribution is 6.08. The standard InChI is InChI=1S/C22H32O6/c1-21(2,3)27-18(23)10-8-9-17(20(25)28-22(4,5)6)19(24)15-11-13-16(26-7)14-12-15/h11-14,17H,8-10H2,1-7H3. The largest absolute Gasteiger partial charge is 0.497 e. The molecule has 0 saturated carbocycles. The maximum Gasteiger partial charge on any atom is 0.317 e. The lowest BCUT2D eigenvalue weighted by molar-refractivity contribution is -0.159. The maximum atomic E-state index is 12.9. The molecule has 0 heterocycles. The molecule has 0 aliphatic heterocycles. The summed E-state index contributed by atoms with van der Waals surface area (Å²) in [4.78, 5) is 37.4. The fourth-order valence-electron chi connectivity index (χ4n) is 2.53. The molecule has 0 radical (unpaired) electrons. The lowest BCUT2D eigenvalue weighted by Gasteiger charge is -2.24. The van der Waals surface area contributed by atoms with E-state index in [0.29, 0.717) is 17.7 Å². The molecule has 0 aromatic heterocycles. The van der Waals surface area contributed by atoms with Crippen molar-refractivity contribution in [1.29, 1.82) is 0 Å². The monoisotopic (exact) mass is 392 g/mol. The summed E-state index contributed by atoms with van der Waals surface area (Å²) < 4.78 is 15.8. The fraction of sp³-hybridized carbons (Fsp3) is 0.591. The average Bonchev–Trinajstić information content (AvgIpc) is 2.55. The number of hydrogen-bond acceptors (Lipinski definition) is 6. The summed E-state index contributed by atoms with van der Waals surface area (Å²) in [6.45, 7) is 10.6. The van der Waals surface area contributed by atoms with Crippen LogP contribution in [-0.4, -0.2) is 36.0 Å². The third kappa shape index (κ3) is 8.55. The van der Waals surface area contributed by atoms with Gasteiger partial charge in [-0.15, -0.1) is 0 Å². The van der Waals surface area contributed by atoms with E-state index in [9.17, 15) is 14.4 Å². The summed E-state index contributed by atoms with van der Waals surface area (Å²) in [5.74, 6) is -1.63. The molecule has 1 atom stereocenters. The molecule has 0 aliphatic carbocycles. The molecule has 0 amide bonds. The first-order chi connectivity index (χ1) is 12.8. The zero-order valence-corrected chi connectivity index (χ0v) is 18.0. The van der Waals surface area contributed by atoms with Gasteiger partial charge in [0.2, 0.25) is 0 Å². The van der Waals surface area contributed by atoms with E-state index in [1.807, 2.05) is 0 Å². The molecule has 0 aliphatic rings. The average molecular weight is 392 g/mol. The normalized spacial score (nSPS) is 12.8. The number of rotatable bonds is 8. The van der Waals surface area contributed by atoms with Gasteiger partial charge in [0.05, 0.1) is 7.11 Å². The second kappa shape index (κ2) is 9.71. The highest BCUT2D eigenvalue weighted by Gasteiger charge is 2.32. The number of carbonyl (C=O) groups excluding carboxylic acids is 3. The van der Waals surface area contributed by atoms with E-state index in [0.717, 1.165) is 0 Å². The van der Waals surface area contributed by atoms with Gasteiger partial charge in [0.25, 0.3) is 0 Å². The van der Waals surface area contributed by atoms with Crippen LogP contribution in [0, 0.1) is 5.92 Å². The zero-order valence-electron chi connectivity index (χ0n) is 18.0. The summed E-state index contributed by atoms with van der Waals surface area (Å²) in [6, 6.07) is 6.57. The van der Waals surface area contributed by atoms with E-state index in [2.05, 4.69) is 0 Å². The Bertz CT molecular complexity index is 676. The number of methoxy groups -OCH3 is 1. The van der Waals surface area contributed by atoms with Gasteiger partial charge in [0, 0.05) is 12.0 Å². The Kier molecular flexibility index (Phi) is 8.21. The zero-order chi connectivity index (χ0) is 21.5. The maximum absolute atomic E-state index is 12.9. The van der Waals surface area contributed by atoms with Gasteiger partial charge in [0.15, 0.2) is 5.78 Å². The van der Waals surface area contributed by atoms with Crippen LogP contribution in [0.3, 0.4) is 0 Å². The number of benzene rings is 1. The third-order valence-corrected chi connectivity index (χ3v) is 3.68. The van der Waals surface area contributed by atoms with Crippen LogP contribution in [0.1, 0.15) is 71.2 Å². The summed E-state index contributed by atoms with van der Waals surface area (Å²) in [7, 11) is 1.54. The van der Waals surface area contributed by atoms with Gasteiger partial charge in [-0.1, -0.05) is 0 Å². The van der Waals surface area contributed by atoms with Crippen molar-refractivity contribution in [2.75, 3.05) is 7.11 Å². The van der Waals surface area contributed by atoms with E-state index < -0.39 is 23.1 Å². The molecule has 1 aromatic rings. The molecule has 0 spiro atoms. The summed E-state index contributed by atoms with van der Waals surface area (Å²) in [6.07, 6.45) is 0.687. The number of Topliss-reactive ketones (excluding diaryl/α,β-unsaturated/α-hetero) is 1. The van der Waals surface area contributed by atoms with Gasteiger partial charge >= 0.3 is 11.9 Å². The number of ketones is 1. The molecule has 0 fully saturated rings. The van der Waals surface area contributed by atoms with Crippen molar-refractivity contribution in [1.82, 2.24) is 0 Å². The molecule has 28 heavy (non-hydrogen) atoms. The molecular weight excluding hydrogens is 360 g/mol. The number of hydrogen-bond donors (Lipinski definition) is 0. The van der Waals surface area contributed by atoms with Gasteiger partial charge in [-0.05, 0) is 78.6 Å². The summed E-state index contributed by atoms with van der Waals surface area (Å²) >= 11 is 0. The van der Waals surface area contributed by atoms with E-state index in [1.165, 1.54) is 7.11 Å². The van der Waals surface area contributed by atoms with Gasteiger partial charge in [-0.3, -0.25) is 14.4 Å². The lowest BCUT2D eigenvalue weighted by atomic mass is 9.92. The third-order valence-electron chi connectivity index (χ3n) is 3.68. The molecule has 0 bridgehead atoms. The van der Waals surface area contributed by atoms with Crippen LogP contribution in [0.5, 0.6) is 5.75 Å². The minimum Gasteiger partial charge on any atom is -0.497 e.